The zero-order valence-electron chi connectivity index (χ0n) is 21.3. The largest absolute Gasteiger partial charge is 0.390 e. The number of carbonyl (C=O) groups is 2. The predicted octanol–water partition coefficient (Wildman–Crippen LogP) is 1.92. The van der Waals surface area contributed by atoms with Gasteiger partial charge in [-0.15, -0.1) is 0 Å². The van der Waals surface area contributed by atoms with Crippen LogP contribution in [0.4, 0.5) is 5.82 Å². The molecule has 2 saturated heterocycles. The Hall–Kier alpha value is -3.04. The van der Waals surface area contributed by atoms with Gasteiger partial charge in [0.2, 0.25) is 5.91 Å². The third-order valence-electron chi connectivity index (χ3n) is 8.43. The van der Waals surface area contributed by atoms with E-state index in [-0.39, 0.29) is 23.9 Å². The Labute approximate surface area is 217 Å². The van der Waals surface area contributed by atoms with E-state index in [2.05, 4.69) is 44.5 Å². The molecule has 1 aromatic heterocycles. The van der Waals surface area contributed by atoms with Crippen LogP contribution >= 0.6 is 0 Å². The number of aromatic nitrogens is 2. The number of rotatable bonds is 5. The molecule has 2 amide bonds. The fraction of sp³-hybridized carbons (Fsp3) is 0.571. The normalized spacial score (nSPS) is 25.0. The molecule has 0 spiro atoms. The molecule has 1 aromatic carbocycles. The zero-order chi connectivity index (χ0) is 25.4. The first-order valence-corrected chi connectivity index (χ1v) is 13.7. The smallest absolute Gasteiger partial charge is 0.272 e. The van der Waals surface area contributed by atoms with Gasteiger partial charge in [0, 0.05) is 63.3 Å². The second-order valence-electron chi connectivity index (χ2n) is 11.0. The molecule has 196 valence electrons. The maximum Gasteiger partial charge on any atom is 0.272 e. The van der Waals surface area contributed by atoms with Gasteiger partial charge < -0.3 is 20.2 Å². The Morgan fingerprint density at radius 1 is 0.919 bits per heavy atom. The molecule has 9 nitrogen and oxygen atoms in total. The van der Waals surface area contributed by atoms with Gasteiger partial charge in [-0.1, -0.05) is 24.3 Å². The third-order valence-corrected chi connectivity index (χ3v) is 8.43. The van der Waals surface area contributed by atoms with Crippen molar-refractivity contribution in [3.8, 4) is 0 Å². The lowest BCUT2D eigenvalue weighted by atomic mass is 9.94. The maximum absolute atomic E-state index is 13.3. The molecular weight excluding hydrogens is 468 g/mol. The van der Waals surface area contributed by atoms with Crippen molar-refractivity contribution < 1.29 is 14.7 Å². The minimum atomic E-state index is -0.592. The molecule has 3 fully saturated rings. The van der Waals surface area contributed by atoms with Gasteiger partial charge in [-0.3, -0.25) is 14.5 Å². The molecule has 2 atom stereocenters. The first-order chi connectivity index (χ1) is 18.0. The molecule has 9 heteroatoms. The summed E-state index contributed by atoms with van der Waals surface area (Å²) in [5, 5.41) is 14.4. The highest BCUT2D eigenvalue weighted by atomic mass is 16.3. The molecule has 1 aliphatic carbocycles. The molecule has 0 bridgehead atoms. The fourth-order valence-corrected chi connectivity index (χ4v) is 6.09. The van der Waals surface area contributed by atoms with Crippen molar-refractivity contribution in [2.75, 3.05) is 38.0 Å². The summed E-state index contributed by atoms with van der Waals surface area (Å²) in [5.41, 5.74) is 3.07. The highest BCUT2D eigenvalue weighted by molar-refractivity contribution is 5.93. The fourth-order valence-electron chi connectivity index (χ4n) is 6.09. The van der Waals surface area contributed by atoms with Crippen LogP contribution in [0.3, 0.4) is 0 Å². The van der Waals surface area contributed by atoms with Gasteiger partial charge in [0.25, 0.3) is 5.91 Å². The third kappa shape index (κ3) is 5.33. The number of piperidine rings is 2. The van der Waals surface area contributed by atoms with Gasteiger partial charge in [0.15, 0.2) is 0 Å². The van der Waals surface area contributed by atoms with E-state index < -0.39 is 6.10 Å². The number of carbonyl (C=O) groups excluding carboxylic acids is 2. The SMILES string of the molecule is O=C(c1cc(NC2CCN(C(=O)C3CC3)CC2)ncn1)N1CC[C@H](N2CCc3ccccc3C2)[C@@H](O)C1. The summed E-state index contributed by atoms with van der Waals surface area (Å²) >= 11 is 0. The van der Waals surface area contributed by atoms with Gasteiger partial charge in [-0.25, -0.2) is 9.97 Å². The average molecular weight is 505 g/mol. The van der Waals surface area contributed by atoms with Crippen molar-refractivity contribution in [1.82, 2.24) is 24.7 Å². The van der Waals surface area contributed by atoms with Crippen LogP contribution in [0.2, 0.25) is 0 Å². The summed E-state index contributed by atoms with van der Waals surface area (Å²) in [6, 6.07) is 10.5. The van der Waals surface area contributed by atoms with Crippen LogP contribution in [-0.2, 0) is 17.8 Å². The van der Waals surface area contributed by atoms with Crippen LogP contribution in [-0.4, -0.2) is 92.5 Å². The maximum atomic E-state index is 13.3. The summed E-state index contributed by atoms with van der Waals surface area (Å²) in [5.74, 6) is 1.04. The van der Waals surface area contributed by atoms with Crippen molar-refractivity contribution in [2.45, 2.75) is 63.3 Å². The van der Waals surface area contributed by atoms with Gasteiger partial charge in [0.05, 0.1) is 6.10 Å². The lowest BCUT2D eigenvalue weighted by Gasteiger charge is -2.43. The van der Waals surface area contributed by atoms with E-state index in [1.54, 1.807) is 11.0 Å². The number of hydrogen-bond acceptors (Lipinski definition) is 7. The van der Waals surface area contributed by atoms with Crippen LogP contribution in [0.15, 0.2) is 36.7 Å². The van der Waals surface area contributed by atoms with E-state index in [0.717, 1.165) is 64.7 Å². The summed E-state index contributed by atoms with van der Waals surface area (Å²) in [7, 11) is 0. The predicted molar refractivity (Wildman–Crippen MR) is 139 cm³/mol. The number of likely N-dealkylation sites (tertiary alicyclic amines) is 2. The number of amides is 2. The molecule has 4 aliphatic rings. The topological polar surface area (TPSA) is 102 Å². The summed E-state index contributed by atoms with van der Waals surface area (Å²) < 4.78 is 0. The summed E-state index contributed by atoms with van der Waals surface area (Å²) in [6.45, 7) is 4.21. The van der Waals surface area contributed by atoms with E-state index >= 15 is 0 Å². The second-order valence-corrected chi connectivity index (χ2v) is 11.0. The minimum absolute atomic E-state index is 0.0534. The number of nitrogens with one attached hydrogen (secondary N) is 1. The highest BCUT2D eigenvalue weighted by Gasteiger charge is 2.36. The van der Waals surface area contributed by atoms with Crippen LogP contribution in [0.25, 0.3) is 0 Å². The Kier molecular flexibility index (Phi) is 6.82. The molecule has 2 aromatic rings. The number of aliphatic hydroxyl groups excluding tert-OH is 1. The molecular formula is C28H36N6O3. The van der Waals surface area contributed by atoms with E-state index in [1.165, 1.54) is 17.5 Å². The van der Waals surface area contributed by atoms with Crippen molar-refractivity contribution in [2.24, 2.45) is 5.92 Å². The van der Waals surface area contributed by atoms with E-state index in [1.807, 2.05) is 4.90 Å². The Bertz CT molecular complexity index is 1150. The van der Waals surface area contributed by atoms with Crippen molar-refractivity contribution in [1.29, 1.82) is 0 Å². The van der Waals surface area contributed by atoms with Gasteiger partial charge in [0.1, 0.15) is 17.8 Å². The molecule has 37 heavy (non-hydrogen) atoms. The monoisotopic (exact) mass is 504 g/mol. The Balaban J connectivity index is 1.03. The number of aliphatic hydroxyl groups is 1. The molecule has 4 heterocycles. The van der Waals surface area contributed by atoms with Crippen LogP contribution < -0.4 is 5.32 Å². The number of hydrogen-bond donors (Lipinski definition) is 2. The molecule has 0 unspecified atom stereocenters. The lowest BCUT2D eigenvalue weighted by molar-refractivity contribution is -0.133. The number of fused-ring (bicyclic) bond motifs is 1. The molecule has 3 aliphatic heterocycles. The van der Waals surface area contributed by atoms with E-state index in [4.69, 9.17) is 0 Å². The Morgan fingerprint density at radius 3 is 2.43 bits per heavy atom. The number of anilines is 1. The van der Waals surface area contributed by atoms with E-state index in [0.29, 0.717) is 30.5 Å². The zero-order valence-corrected chi connectivity index (χ0v) is 21.3. The minimum Gasteiger partial charge on any atom is -0.390 e. The molecule has 2 N–H and O–H groups in total. The summed E-state index contributed by atoms with van der Waals surface area (Å²) in [4.78, 5) is 40.2. The number of nitrogens with zero attached hydrogens (tertiary/aromatic N) is 5. The van der Waals surface area contributed by atoms with Gasteiger partial charge in [-0.05, 0) is 49.7 Å². The quantitative estimate of drug-likeness (QED) is 0.642. The Morgan fingerprint density at radius 2 is 1.68 bits per heavy atom. The first kappa shape index (κ1) is 24.3. The second kappa shape index (κ2) is 10.4. The number of β-amino-alcohol motifs (C(OH)–C–C–N with tert-alkyl or cyclic N) is 1. The van der Waals surface area contributed by atoms with Crippen LogP contribution in [0, 0.1) is 5.92 Å². The molecule has 0 radical (unpaired) electrons. The first-order valence-electron chi connectivity index (χ1n) is 13.7. The number of benzene rings is 1. The van der Waals surface area contributed by atoms with Crippen molar-refractivity contribution in [3.63, 3.8) is 0 Å². The summed E-state index contributed by atoms with van der Waals surface area (Å²) in [6.07, 6.45) is 6.38. The van der Waals surface area contributed by atoms with Crippen molar-refractivity contribution >= 4 is 17.6 Å². The average Bonchev–Trinajstić information content (AvgIpc) is 3.78. The van der Waals surface area contributed by atoms with E-state index in [9.17, 15) is 14.7 Å². The lowest BCUT2D eigenvalue weighted by Crippen LogP contribution is -2.56. The van der Waals surface area contributed by atoms with Crippen molar-refractivity contribution in [3.05, 3.63) is 53.5 Å². The standard InChI is InChI=1S/C28H36N6O3/c35-25-17-34(14-10-24(25)33-11-7-19-3-1-2-4-21(19)16-33)28(37)23-15-26(30-18-29-23)31-22-8-12-32(13-9-22)27(36)20-5-6-20/h1-4,15,18,20,22,24-25,35H,5-14,16-17H2,(H,29,30,31)/t24-,25-/m0/s1. The van der Waals surface area contributed by atoms with Crippen LogP contribution in [0.5, 0.6) is 0 Å². The molecule has 6 rings (SSSR count). The van der Waals surface area contributed by atoms with Gasteiger partial charge >= 0.3 is 0 Å². The molecule has 1 saturated carbocycles. The highest BCUT2D eigenvalue weighted by Crippen LogP contribution is 2.32. The van der Waals surface area contributed by atoms with Crippen LogP contribution in [0.1, 0.15) is 53.7 Å². The van der Waals surface area contributed by atoms with Gasteiger partial charge in [-0.2, -0.15) is 0 Å².